The SMILES string of the molecule is c1csc(-c2ccc3c(c2)SN([C@@H]2CN4CCC2CC4)C3)n1. The van der Waals surface area contributed by atoms with Gasteiger partial charge in [0.05, 0.1) is 0 Å². The number of rotatable bonds is 2. The monoisotopic (exact) mass is 329 g/mol. The van der Waals surface area contributed by atoms with Crippen molar-refractivity contribution in [2.24, 2.45) is 5.92 Å². The second-order valence-electron chi connectivity index (χ2n) is 6.53. The highest BCUT2D eigenvalue weighted by Crippen LogP contribution is 2.44. The molecule has 0 unspecified atom stereocenters. The molecule has 2 bridgehead atoms. The van der Waals surface area contributed by atoms with Crippen molar-refractivity contribution < 1.29 is 0 Å². The largest absolute Gasteiger partial charge is 0.302 e. The maximum atomic E-state index is 4.44. The molecule has 6 rings (SSSR count). The fourth-order valence-corrected chi connectivity index (χ4v) is 5.94. The number of hydrogen-bond donors (Lipinski definition) is 0. The van der Waals surface area contributed by atoms with Crippen molar-refractivity contribution in [1.82, 2.24) is 14.2 Å². The van der Waals surface area contributed by atoms with Crippen LogP contribution in [0.4, 0.5) is 0 Å². The van der Waals surface area contributed by atoms with Crippen molar-refractivity contribution in [3.63, 3.8) is 0 Å². The van der Waals surface area contributed by atoms with Gasteiger partial charge in [-0.1, -0.05) is 12.1 Å². The fraction of sp³-hybridized carbons (Fsp3) is 0.471. The van der Waals surface area contributed by atoms with E-state index in [4.69, 9.17) is 0 Å². The van der Waals surface area contributed by atoms with E-state index in [1.165, 1.54) is 48.5 Å². The van der Waals surface area contributed by atoms with Crippen LogP contribution in [0.15, 0.2) is 34.7 Å². The Labute approximate surface area is 139 Å². The van der Waals surface area contributed by atoms with Gasteiger partial charge in [0.25, 0.3) is 0 Å². The summed E-state index contributed by atoms with van der Waals surface area (Å²) in [6, 6.07) is 7.61. The van der Waals surface area contributed by atoms with Crippen LogP contribution >= 0.6 is 23.3 Å². The Morgan fingerprint density at radius 2 is 2.09 bits per heavy atom. The van der Waals surface area contributed by atoms with Crippen LogP contribution in [-0.2, 0) is 6.54 Å². The van der Waals surface area contributed by atoms with Gasteiger partial charge in [0.2, 0.25) is 0 Å². The van der Waals surface area contributed by atoms with Gasteiger partial charge < -0.3 is 4.90 Å². The summed E-state index contributed by atoms with van der Waals surface area (Å²) in [5.74, 6) is 0.908. The molecule has 0 N–H and O–H groups in total. The minimum Gasteiger partial charge on any atom is -0.302 e. The van der Waals surface area contributed by atoms with Crippen LogP contribution in [-0.4, -0.2) is 39.9 Å². The van der Waals surface area contributed by atoms with Crippen LogP contribution in [0.25, 0.3) is 10.6 Å². The molecule has 22 heavy (non-hydrogen) atoms. The van der Waals surface area contributed by atoms with E-state index in [2.05, 4.69) is 37.8 Å². The summed E-state index contributed by atoms with van der Waals surface area (Å²) in [5.41, 5.74) is 2.75. The third-order valence-electron chi connectivity index (χ3n) is 5.28. The quantitative estimate of drug-likeness (QED) is 0.782. The normalized spacial score (nSPS) is 30.6. The highest BCUT2D eigenvalue weighted by molar-refractivity contribution is 7.97. The van der Waals surface area contributed by atoms with Gasteiger partial charge >= 0.3 is 0 Å². The number of benzene rings is 1. The maximum absolute atomic E-state index is 4.44. The molecule has 1 aromatic heterocycles. The first-order chi connectivity index (χ1) is 10.9. The summed E-state index contributed by atoms with van der Waals surface area (Å²) < 4.78 is 2.65. The standard InChI is InChI=1S/C17H19N3S2/c1-2-14-10-20(15-11-19-6-3-12(15)4-7-19)22-16(14)9-13(1)17-18-5-8-21-17/h1-2,5,8-9,12,15H,3-4,6-7,10-11H2/t15-/m1/s1. The summed E-state index contributed by atoms with van der Waals surface area (Å²) in [6.45, 7) is 5.01. The Morgan fingerprint density at radius 1 is 1.18 bits per heavy atom. The summed E-state index contributed by atoms with van der Waals surface area (Å²) in [4.78, 5) is 8.52. The lowest BCUT2D eigenvalue weighted by Gasteiger charge is -2.47. The molecular weight excluding hydrogens is 310 g/mol. The van der Waals surface area contributed by atoms with Gasteiger partial charge in [-0.3, -0.25) is 0 Å². The van der Waals surface area contributed by atoms with E-state index in [0.717, 1.165) is 23.5 Å². The molecule has 3 fully saturated rings. The highest BCUT2D eigenvalue weighted by atomic mass is 32.2. The smallest absolute Gasteiger partial charge is 0.123 e. The number of thiazole rings is 1. The maximum Gasteiger partial charge on any atom is 0.123 e. The lowest BCUT2D eigenvalue weighted by Crippen LogP contribution is -2.54. The first kappa shape index (κ1) is 13.5. The second-order valence-corrected chi connectivity index (χ2v) is 8.52. The molecule has 0 aliphatic carbocycles. The number of hydrogen-bond acceptors (Lipinski definition) is 5. The van der Waals surface area contributed by atoms with E-state index in [0.29, 0.717) is 0 Å². The molecule has 4 aliphatic rings. The van der Waals surface area contributed by atoms with Crippen molar-refractivity contribution in [2.45, 2.75) is 30.3 Å². The lowest BCUT2D eigenvalue weighted by atomic mass is 9.84. The van der Waals surface area contributed by atoms with Gasteiger partial charge in [-0.2, -0.15) is 0 Å². The Hall–Kier alpha value is -0.880. The Kier molecular flexibility index (Phi) is 3.29. The number of aromatic nitrogens is 1. The molecule has 0 amide bonds. The van der Waals surface area contributed by atoms with Gasteiger partial charge in [0, 0.05) is 41.2 Å². The summed E-state index contributed by atoms with van der Waals surface area (Å²) >= 11 is 3.70. The van der Waals surface area contributed by atoms with Gasteiger partial charge in [-0.05, 0) is 55.4 Å². The lowest BCUT2D eigenvalue weighted by molar-refractivity contribution is 0.0420. The van der Waals surface area contributed by atoms with Crippen molar-refractivity contribution in [1.29, 1.82) is 0 Å². The van der Waals surface area contributed by atoms with E-state index in [1.807, 2.05) is 18.1 Å². The van der Waals surface area contributed by atoms with Crippen molar-refractivity contribution in [3.8, 4) is 10.6 Å². The van der Waals surface area contributed by atoms with Crippen LogP contribution in [0.1, 0.15) is 18.4 Å². The van der Waals surface area contributed by atoms with Gasteiger partial charge in [-0.15, -0.1) is 11.3 Å². The summed E-state index contributed by atoms with van der Waals surface area (Å²) in [7, 11) is 0. The average molecular weight is 329 g/mol. The minimum atomic E-state index is 0.739. The summed E-state index contributed by atoms with van der Waals surface area (Å²) in [6.07, 6.45) is 4.67. The van der Waals surface area contributed by atoms with E-state index >= 15 is 0 Å². The average Bonchev–Trinajstić information content (AvgIpc) is 3.24. The Bertz CT molecular complexity index is 677. The molecule has 3 saturated heterocycles. The van der Waals surface area contributed by atoms with Crippen LogP contribution in [0.5, 0.6) is 0 Å². The molecule has 1 atom stereocenters. The van der Waals surface area contributed by atoms with E-state index < -0.39 is 0 Å². The second kappa shape index (κ2) is 5.34. The molecule has 5 heterocycles. The van der Waals surface area contributed by atoms with Crippen LogP contribution in [0.3, 0.4) is 0 Å². The first-order valence-electron chi connectivity index (χ1n) is 8.06. The van der Waals surface area contributed by atoms with Crippen LogP contribution < -0.4 is 0 Å². The molecular formula is C17H19N3S2. The van der Waals surface area contributed by atoms with Gasteiger partial charge in [0.15, 0.2) is 0 Å². The molecule has 2 aromatic rings. The van der Waals surface area contributed by atoms with E-state index in [9.17, 15) is 0 Å². The summed E-state index contributed by atoms with van der Waals surface area (Å²) in [5, 5.41) is 3.18. The topological polar surface area (TPSA) is 19.4 Å². The van der Waals surface area contributed by atoms with E-state index in [-0.39, 0.29) is 0 Å². The van der Waals surface area contributed by atoms with Crippen molar-refractivity contribution in [3.05, 3.63) is 35.3 Å². The third-order valence-corrected chi connectivity index (χ3v) is 7.31. The first-order valence-corrected chi connectivity index (χ1v) is 9.72. The Balaban J connectivity index is 1.39. The molecule has 0 saturated carbocycles. The Morgan fingerprint density at radius 3 is 2.82 bits per heavy atom. The zero-order chi connectivity index (χ0) is 14.5. The molecule has 4 aliphatic heterocycles. The number of nitrogens with zero attached hydrogens (tertiary/aromatic N) is 3. The zero-order valence-electron chi connectivity index (χ0n) is 12.4. The predicted octanol–water partition coefficient (Wildman–Crippen LogP) is 3.73. The minimum absolute atomic E-state index is 0.739. The van der Waals surface area contributed by atoms with Crippen LogP contribution in [0.2, 0.25) is 0 Å². The van der Waals surface area contributed by atoms with Gasteiger partial charge in [-0.25, -0.2) is 9.29 Å². The molecule has 0 radical (unpaired) electrons. The molecule has 0 spiro atoms. The zero-order valence-corrected chi connectivity index (χ0v) is 14.1. The number of fused-ring (bicyclic) bond motifs is 4. The highest BCUT2D eigenvalue weighted by Gasteiger charge is 2.39. The fourth-order valence-electron chi connectivity index (χ4n) is 4.04. The predicted molar refractivity (Wildman–Crippen MR) is 91.9 cm³/mol. The molecule has 3 nitrogen and oxygen atoms in total. The third kappa shape index (κ3) is 2.22. The molecule has 114 valence electrons. The van der Waals surface area contributed by atoms with E-state index in [1.54, 1.807) is 11.3 Å². The van der Waals surface area contributed by atoms with Crippen molar-refractivity contribution >= 4 is 23.3 Å². The van der Waals surface area contributed by atoms with Crippen molar-refractivity contribution in [2.75, 3.05) is 19.6 Å². The molecule has 1 aromatic carbocycles. The van der Waals surface area contributed by atoms with Gasteiger partial charge in [0.1, 0.15) is 5.01 Å². The van der Waals surface area contributed by atoms with Crippen LogP contribution in [0, 0.1) is 5.92 Å². The number of piperidine rings is 3. The molecule has 5 heteroatoms.